The molecule has 170 valence electrons. The first-order valence-electron chi connectivity index (χ1n) is 11.3. The van der Waals surface area contributed by atoms with Gasteiger partial charge < -0.3 is 14.2 Å². The van der Waals surface area contributed by atoms with Crippen molar-refractivity contribution in [1.29, 1.82) is 0 Å². The molecular formula is C25H30FN3O3. The van der Waals surface area contributed by atoms with Gasteiger partial charge in [0.25, 0.3) is 0 Å². The smallest absolute Gasteiger partial charge is 0.241 e. The van der Waals surface area contributed by atoms with Crippen LogP contribution in [-0.2, 0) is 11.3 Å². The number of hydrogen-bond acceptors (Lipinski definition) is 5. The lowest BCUT2D eigenvalue weighted by atomic mass is 10.0. The number of carbonyl (C=O) groups is 2. The molecule has 1 aliphatic carbocycles. The third kappa shape index (κ3) is 5.27. The Balaban J connectivity index is 1.37. The maximum absolute atomic E-state index is 14.5. The molecule has 2 aliphatic rings. The first kappa shape index (κ1) is 22.3. The van der Waals surface area contributed by atoms with Gasteiger partial charge in [-0.1, -0.05) is 6.08 Å². The molecule has 0 radical (unpaired) electrons. The summed E-state index contributed by atoms with van der Waals surface area (Å²) in [6.07, 6.45) is 7.99. The summed E-state index contributed by atoms with van der Waals surface area (Å²) in [5.74, 6) is 0.321. The topological polar surface area (TPSA) is 57.0 Å². The van der Waals surface area contributed by atoms with Crippen molar-refractivity contribution >= 4 is 17.4 Å². The SMILES string of the molecule is CC(=O)c1ccc(N2CCN(CC(=O)N(Cc3ccco3)C3=CCCCC3)CC2)c(F)c1. The summed E-state index contributed by atoms with van der Waals surface area (Å²) in [6, 6.07) is 8.38. The molecule has 0 unspecified atom stereocenters. The summed E-state index contributed by atoms with van der Waals surface area (Å²) in [4.78, 5) is 30.7. The van der Waals surface area contributed by atoms with Gasteiger partial charge in [0, 0.05) is 37.4 Å². The molecule has 1 fully saturated rings. The molecule has 0 bridgehead atoms. The Morgan fingerprint density at radius 1 is 1.12 bits per heavy atom. The van der Waals surface area contributed by atoms with Crippen LogP contribution in [0.4, 0.5) is 10.1 Å². The molecule has 1 aromatic heterocycles. The van der Waals surface area contributed by atoms with Crippen LogP contribution in [0.1, 0.15) is 48.7 Å². The molecule has 6 nitrogen and oxygen atoms in total. The Bertz CT molecular complexity index is 978. The fraction of sp³-hybridized carbons (Fsp3) is 0.440. The highest BCUT2D eigenvalue weighted by Gasteiger charge is 2.26. The number of rotatable bonds is 7. The number of piperazine rings is 1. The number of nitrogens with zero attached hydrogens (tertiary/aromatic N) is 3. The number of Topliss-reactive ketones (excluding diaryl/α,β-unsaturated/α-hetero) is 1. The van der Waals surface area contributed by atoms with Crippen LogP contribution < -0.4 is 4.90 Å². The number of ketones is 1. The van der Waals surface area contributed by atoms with E-state index in [1.54, 1.807) is 18.4 Å². The summed E-state index contributed by atoms with van der Waals surface area (Å²) >= 11 is 0. The Hall–Kier alpha value is -2.93. The number of hydrogen-bond donors (Lipinski definition) is 0. The number of carbonyl (C=O) groups excluding carboxylic acids is 2. The summed E-state index contributed by atoms with van der Waals surface area (Å²) in [5.41, 5.74) is 1.97. The monoisotopic (exact) mass is 439 g/mol. The van der Waals surface area contributed by atoms with Crippen LogP contribution in [0.15, 0.2) is 52.8 Å². The fourth-order valence-corrected chi connectivity index (χ4v) is 4.38. The summed E-state index contributed by atoms with van der Waals surface area (Å²) in [6.45, 7) is 4.82. The fourth-order valence-electron chi connectivity index (χ4n) is 4.38. The van der Waals surface area contributed by atoms with E-state index >= 15 is 0 Å². The highest BCUT2D eigenvalue weighted by atomic mass is 19.1. The van der Waals surface area contributed by atoms with Crippen LogP contribution in [0.3, 0.4) is 0 Å². The van der Waals surface area contributed by atoms with Gasteiger partial charge in [-0.25, -0.2) is 4.39 Å². The van der Waals surface area contributed by atoms with Gasteiger partial charge in [0.1, 0.15) is 11.6 Å². The second-order valence-corrected chi connectivity index (χ2v) is 8.49. The molecular weight excluding hydrogens is 409 g/mol. The third-order valence-electron chi connectivity index (χ3n) is 6.23. The zero-order valence-electron chi connectivity index (χ0n) is 18.6. The van der Waals surface area contributed by atoms with Crippen molar-refractivity contribution in [2.24, 2.45) is 0 Å². The van der Waals surface area contributed by atoms with Gasteiger partial charge in [-0.05, 0) is 62.9 Å². The highest BCUT2D eigenvalue weighted by Crippen LogP contribution is 2.25. The van der Waals surface area contributed by atoms with Crippen molar-refractivity contribution in [3.8, 4) is 0 Å². The van der Waals surface area contributed by atoms with Gasteiger partial charge in [0.2, 0.25) is 5.91 Å². The van der Waals surface area contributed by atoms with Crippen LogP contribution in [0.5, 0.6) is 0 Å². The maximum atomic E-state index is 14.5. The molecule has 0 N–H and O–H groups in total. The second-order valence-electron chi connectivity index (χ2n) is 8.49. The van der Waals surface area contributed by atoms with Gasteiger partial charge in [0.15, 0.2) is 5.78 Å². The number of allylic oxidation sites excluding steroid dienone is 2. The Labute approximate surface area is 188 Å². The van der Waals surface area contributed by atoms with Crippen LogP contribution in [0, 0.1) is 5.82 Å². The largest absolute Gasteiger partial charge is 0.467 e. The van der Waals surface area contributed by atoms with Gasteiger partial charge in [-0.15, -0.1) is 0 Å². The van der Waals surface area contributed by atoms with Gasteiger partial charge in [0.05, 0.1) is 25.0 Å². The molecule has 4 rings (SSSR count). The number of halogens is 1. The lowest BCUT2D eigenvalue weighted by Crippen LogP contribution is -2.50. The van der Waals surface area contributed by atoms with Crippen LogP contribution in [0.25, 0.3) is 0 Å². The van der Waals surface area contributed by atoms with E-state index in [0.29, 0.717) is 50.5 Å². The Morgan fingerprint density at radius 3 is 2.56 bits per heavy atom. The first-order chi connectivity index (χ1) is 15.5. The van der Waals surface area contributed by atoms with Crippen molar-refractivity contribution in [3.05, 3.63) is 65.5 Å². The van der Waals surface area contributed by atoms with E-state index in [1.807, 2.05) is 21.9 Å². The molecule has 0 saturated carbocycles. The van der Waals surface area contributed by atoms with Crippen molar-refractivity contribution < 1.29 is 18.4 Å². The maximum Gasteiger partial charge on any atom is 0.241 e. The number of benzene rings is 1. The summed E-state index contributed by atoms with van der Waals surface area (Å²) in [7, 11) is 0. The van der Waals surface area contributed by atoms with Crippen LogP contribution in [-0.4, -0.2) is 54.2 Å². The molecule has 1 aliphatic heterocycles. The minimum Gasteiger partial charge on any atom is -0.467 e. The van der Waals surface area contributed by atoms with Crippen LogP contribution >= 0.6 is 0 Å². The van der Waals surface area contributed by atoms with E-state index in [9.17, 15) is 14.0 Å². The first-order valence-corrected chi connectivity index (χ1v) is 11.3. The number of amides is 1. The molecule has 7 heteroatoms. The predicted molar refractivity (Wildman–Crippen MR) is 121 cm³/mol. The van der Waals surface area contributed by atoms with Gasteiger partial charge in [-0.2, -0.15) is 0 Å². The zero-order chi connectivity index (χ0) is 22.5. The average molecular weight is 440 g/mol. The minimum absolute atomic E-state index is 0.0694. The molecule has 1 amide bonds. The minimum atomic E-state index is -0.379. The zero-order valence-corrected chi connectivity index (χ0v) is 18.6. The van der Waals surface area contributed by atoms with Crippen LogP contribution in [0.2, 0.25) is 0 Å². The van der Waals surface area contributed by atoms with Crippen molar-refractivity contribution in [2.45, 2.75) is 39.2 Å². The molecule has 2 aromatic rings. The summed E-state index contributed by atoms with van der Waals surface area (Å²) in [5, 5.41) is 0. The van der Waals surface area contributed by atoms with Gasteiger partial charge >= 0.3 is 0 Å². The number of furan rings is 1. The molecule has 0 spiro atoms. The molecule has 1 aromatic carbocycles. The normalized spacial score (nSPS) is 17.2. The quantitative estimate of drug-likeness (QED) is 0.605. The third-order valence-corrected chi connectivity index (χ3v) is 6.23. The summed E-state index contributed by atoms with van der Waals surface area (Å²) < 4.78 is 20.0. The van der Waals surface area contributed by atoms with E-state index in [0.717, 1.165) is 37.1 Å². The van der Waals surface area contributed by atoms with Crippen molar-refractivity contribution in [2.75, 3.05) is 37.6 Å². The Morgan fingerprint density at radius 2 is 1.94 bits per heavy atom. The van der Waals surface area contributed by atoms with E-state index in [2.05, 4.69) is 11.0 Å². The molecule has 2 heterocycles. The number of anilines is 1. The lowest BCUT2D eigenvalue weighted by molar-refractivity contribution is -0.131. The average Bonchev–Trinajstić information content (AvgIpc) is 3.32. The standard InChI is InChI=1S/C25H30FN3O3/c1-19(30)20-9-10-24(23(26)16-20)28-13-11-27(12-14-28)18-25(31)29(17-22-8-5-15-32-22)21-6-3-2-4-7-21/h5-6,8-10,15-16H,2-4,7,11-14,17-18H2,1H3. The van der Waals surface area contributed by atoms with E-state index in [1.165, 1.54) is 13.0 Å². The molecule has 32 heavy (non-hydrogen) atoms. The van der Waals surface area contributed by atoms with Crippen molar-refractivity contribution in [1.82, 2.24) is 9.80 Å². The van der Waals surface area contributed by atoms with Gasteiger partial charge in [-0.3, -0.25) is 14.5 Å². The Kier molecular flexibility index (Phi) is 7.05. The lowest BCUT2D eigenvalue weighted by Gasteiger charge is -2.37. The van der Waals surface area contributed by atoms with Crippen molar-refractivity contribution in [3.63, 3.8) is 0 Å². The second kappa shape index (κ2) is 10.1. The predicted octanol–water partition coefficient (Wildman–Crippen LogP) is 4.23. The van der Waals surface area contributed by atoms with E-state index in [-0.39, 0.29) is 17.5 Å². The van der Waals surface area contributed by atoms with E-state index < -0.39 is 0 Å². The molecule has 1 saturated heterocycles. The van der Waals surface area contributed by atoms with E-state index in [4.69, 9.17) is 4.42 Å². The molecule has 0 atom stereocenters. The highest BCUT2D eigenvalue weighted by molar-refractivity contribution is 5.94.